The minimum Gasteiger partial charge on any atom is -0.406 e. The van der Waals surface area contributed by atoms with E-state index in [4.69, 9.17) is 4.74 Å². The van der Waals surface area contributed by atoms with Gasteiger partial charge in [0.15, 0.2) is 0 Å². The molecule has 1 aromatic rings. The van der Waals surface area contributed by atoms with Crippen LogP contribution in [0.4, 0.5) is 13.2 Å². The summed E-state index contributed by atoms with van der Waals surface area (Å²) in [6, 6.07) is 6.20. The van der Waals surface area contributed by atoms with Gasteiger partial charge in [0.1, 0.15) is 5.75 Å². The van der Waals surface area contributed by atoms with Crippen LogP contribution in [0.15, 0.2) is 24.3 Å². The first kappa shape index (κ1) is 15.1. The normalized spacial score (nSPS) is 27.9. The van der Waals surface area contributed by atoms with Gasteiger partial charge < -0.3 is 14.8 Å². The van der Waals surface area contributed by atoms with Crippen molar-refractivity contribution < 1.29 is 22.6 Å². The van der Waals surface area contributed by atoms with E-state index in [0.717, 1.165) is 12.0 Å². The fourth-order valence-corrected chi connectivity index (χ4v) is 2.35. The zero-order valence-corrected chi connectivity index (χ0v) is 11.4. The molecule has 2 rings (SSSR count). The molecule has 0 bridgehead atoms. The number of benzene rings is 1. The number of halogens is 3. The molecule has 1 aromatic carbocycles. The van der Waals surface area contributed by atoms with Gasteiger partial charge in [0.05, 0.1) is 12.2 Å². The Balaban J connectivity index is 2.05. The smallest absolute Gasteiger partial charge is 0.406 e. The maximum absolute atomic E-state index is 12.1. The summed E-state index contributed by atoms with van der Waals surface area (Å²) >= 11 is 0. The molecule has 112 valence electrons. The lowest BCUT2D eigenvalue weighted by Gasteiger charge is -2.19. The van der Waals surface area contributed by atoms with Gasteiger partial charge in [-0.3, -0.25) is 0 Å². The largest absolute Gasteiger partial charge is 0.573 e. The van der Waals surface area contributed by atoms with Crippen molar-refractivity contribution in [3.05, 3.63) is 29.8 Å². The van der Waals surface area contributed by atoms with Gasteiger partial charge >= 0.3 is 6.36 Å². The van der Waals surface area contributed by atoms with Crippen molar-refractivity contribution in [2.24, 2.45) is 0 Å². The number of nitrogens with one attached hydrogen (secondary N) is 1. The second-order valence-electron chi connectivity index (χ2n) is 5.10. The lowest BCUT2D eigenvalue weighted by atomic mass is 10.1. The van der Waals surface area contributed by atoms with Crippen molar-refractivity contribution in [2.75, 3.05) is 6.54 Å². The highest BCUT2D eigenvalue weighted by molar-refractivity contribution is 5.29. The average Bonchev–Trinajstić information content (AvgIpc) is 2.49. The fraction of sp³-hybridized carbons (Fsp3) is 0.571. The highest BCUT2D eigenvalue weighted by Crippen LogP contribution is 2.27. The first-order valence-corrected chi connectivity index (χ1v) is 6.58. The van der Waals surface area contributed by atoms with Crippen LogP contribution in [0.2, 0.25) is 0 Å². The van der Waals surface area contributed by atoms with Crippen LogP contribution in [-0.2, 0) is 4.74 Å². The third-order valence-corrected chi connectivity index (χ3v) is 3.22. The molecule has 1 saturated heterocycles. The molecule has 3 atom stereocenters. The van der Waals surface area contributed by atoms with E-state index >= 15 is 0 Å². The third-order valence-electron chi connectivity index (χ3n) is 3.22. The van der Waals surface area contributed by atoms with Crippen LogP contribution in [0.1, 0.15) is 31.9 Å². The minimum atomic E-state index is -4.66. The molecule has 20 heavy (non-hydrogen) atoms. The highest BCUT2D eigenvalue weighted by atomic mass is 19.4. The molecule has 0 aromatic heterocycles. The molecular weight excluding hydrogens is 271 g/mol. The van der Waals surface area contributed by atoms with Crippen LogP contribution in [0, 0.1) is 0 Å². The van der Waals surface area contributed by atoms with Gasteiger partial charge in [0, 0.05) is 12.6 Å². The van der Waals surface area contributed by atoms with Crippen molar-refractivity contribution in [1.29, 1.82) is 0 Å². The van der Waals surface area contributed by atoms with Crippen molar-refractivity contribution in [3.8, 4) is 5.75 Å². The molecule has 1 aliphatic rings. The van der Waals surface area contributed by atoms with E-state index < -0.39 is 6.36 Å². The monoisotopic (exact) mass is 289 g/mol. The molecule has 0 saturated carbocycles. The molecule has 1 fully saturated rings. The molecule has 6 heteroatoms. The topological polar surface area (TPSA) is 30.5 Å². The van der Waals surface area contributed by atoms with E-state index in [9.17, 15) is 13.2 Å². The molecule has 0 radical (unpaired) electrons. The molecule has 1 aliphatic heterocycles. The highest BCUT2D eigenvalue weighted by Gasteiger charge is 2.31. The summed E-state index contributed by atoms with van der Waals surface area (Å²) < 4.78 is 46.0. The summed E-state index contributed by atoms with van der Waals surface area (Å²) in [7, 11) is 0. The van der Waals surface area contributed by atoms with Gasteiger partial charge in [0.2, 0.25) is 0 Å². The van der Waals surface area contributed by atoms with Crippen molar-refractivity contribution in [3.63, 3.8) is 0 Å². The van der Waals surface area contributed by atoms with Crippen molar-refractivity contribution in [2.45, 2.75) is 44.9 Å². The van der Waals surface area contributed by atoms with Gasteiger partial charge in [-0.25, -0.2) is 0 Å². The lowest BCUT2D eigenvalue weighted by Crippen LogP contribution is -2.27. The molecule has 0 spiro atoms. The second-order valence-corrected chi connectivity index (χ2v) is 5.10. The van der Waals surface area contributed by atoms with E-state index in [1.165, 1.54) is 12.1 Å². The number of hydrogen-bond acceptors (Lipinski definition) is 3. The Hall–Kier alpha value is -1.27. The average molecular weight is 289 g/mol. The first-order chi connectivity index (χ1) is 9.33. The molecule has 3 unspecified atom stereocenters. The minimum absolute atomic E-state index is 0.108. The van der Waals surface area contributed by atoms with Crippen LogP contribution in [0.5, 0.6) is 5.75 Å². The quantitative estimate of drug-likeness (QED) is 0.905. The van der Waals surface area contributed by atoms with Crippen LogP contribution < -0.4 is 10.1 Å². The Bertz CT molecular complexity index is 433. The zero-order valence-electron chi connectivity index (χ0n) is 11.4. The van der Waals surface area contributed by atoms with Crippen molar-refractivity contribution in [1.82, 2.24) is 5.32 Å². The summed E-state index contributed by atoms with van der Waals surface area (Å²) in [6.45, 7) is 4.73. The number of alkyl halides is 3. The van der Waals surface area contributed by atoms with E-state index in [-0.39, 0.29) is 18.0 Å². The summed E-state index contributed by atoms with van der Waals surface area (Å²) in [5, 5.41) is 3.34. The zero-order chi connectivity index (χ0) is 14.8. The van der Waals surface area contributed by atoms with Crippen LogP contribution in [0.25, 0.3) is 0 Å². The molecule has 0 amide bonds. The Morgan fingerprint density at radius 1 is 1.20 bits per heavy atom. The standard InChI is InChI=1S/C14H18F3NO2/c1-9-7-10(2)19-13(8-18-9)11-3-5-12(6-4-11)20-14(15,16)17/h3-6,9-10,13,18H,7-8H2,1-2H3. The SMILES string of the molecule is CC1CC(C)OC(c2ccc(OC(F)(F)F)cc2)CN1. The van der Waals surface area contributed by atoms with Gasteiger partial charge in [-0.2, -0.15) is 0 Å². The van der Waals surface area contributed by atoms with E-state index in [0.29, 0.717) is 12.6 Å². The lowest BCUT2D eigenvalue weighted by molar-refractivity contribution is -0.274. The van der Waals surface area contributed by atoms with E-state index in [1.54, 1.807) is 12.1 Å². The number of ether oxygens (including phenoxy) is 2. The Morgan fingerprint density at radius 3 is 2.45 bits per heavy atom. The fourth-order valence-electron chi connectivity index (χ4n) is 2.35. The van der Waals surface area contributed by atoms with Crippen LogP contribution in [-0.4, -0.2) is 25.1 Å². The number of hydrogen-bond donors (Lipinski definition) is 1. The molecule has 1 N–H and O–H groups in total. The van der Waals surface area contributed by atoms with Crippen LogP contribution in [0.3, 0.4) is 0 Å². The van der Waals surface area contributed by atoms with E-state index in [2.05, 4.69) is 17.0 Å². The Morgan fingerprint density at radius 2 is 1.85 bits per heavy atom. The predicted molar refractivity (Wildman–Crippen MR) is 68.5 cm³/mol. The van der Waals surface area contributed by atoms with E-state index in [1.807, 2.05) is 6.92 Å². The first-order valence-electron chi connectivity index (χ1n) is 6.58. The number of rotatable bonds is 2. The third kappa shape index (κ3) is 4.38. The van der Waals surface area contributed by atoms with Crippen LogP contribution >= 0.6 is 0 Å². The second kappa shape index (κ2) is 6.01. The van der Waals surface area contributed by atoms with Gasteiger partial charge in [0.25, 0.3) is 0 Å². The summed E-state index contributed by atoms with van der Waals surface area (Å²) in [6.07, 6.45) is -3.80. The van der Waals surface area contributed by atoms with Crippen molar-refractivity contribution >= 4 is 0 Å². The summed E-state index contributed by atoms with van der Waals surface area (Å²) in [4.78, 5) is 0. The predicted octanol–water partition coefficient (Wildman–Crippen LogP) is 3.41. The Kier molecular flexibility index (Phi) is 4.55. The molecular formula is C14H18F3NO2. The summed E-state index contributed by atoms with van der Waals surface area (Å²) in [5.74, 6) is -0.218. The molecule has 3 nitrogen and oxygen atoms in total. The summed E-state index contributed by atoms with van der Waals surface area (Å²) in [5.41, 5.74) is 0.841. The van der Waals surface area contributed by atoms with Gasteiger partial charge in [-0.05, 0) is 38.0 Å². The maximum atomic E-state index is 12.1. The molecule has 1 heterocycles. The Labute approximate surface area is 116 Å². The van der Waals surface area contributed by atoms with Gasteiger partial charge in [-0.15, -0.1) is 13.2 Å². The van der Waals surface area contributed by atoms with Gasteiger partial charge in [-0.1, -0.05) is 12.1 Å². The maximum Gasteiger partial charge on any atom is 0.573 e. The molecule has 0 aliphatic carbocycles.